The van der Waals surface area contributed by atoms with Gasteiger partial charge in [0.15, 0.2) is 22.4 Å². The lowest BCUT2D eigenvalue weighted by molar-refractivity contribution is -0.169. The van der Waals surface area contributed by atoms with Crippen LogP contribution in [0.15, 0.2) is 29.4 Å². The topological polar surface area (TPSA) is 89.5 Å². The van der Waals surface area contributed by atoms with E-state index in [0.29, 0.717) is 36.6 Å². The van der Waals surface area contributed by atoms with Crippen molar-refractivity contribution in [1.29, 1.82) is 0 Å². The molecule has 1 aromatic heterocycles. The van der Waals surface area contributed by atoms with Crippen molar-refractivity contribution in [1.82, 2.24) is 19.8 Å². The molecule has 0 radical (unpaired) electrons. The summed E-state index contributed by atoms with van der Waals surface area (Å²) in [4.78, 5) is 28.4. The molecule has 4 aliphatic heterocycles. The second kappa shape index (κ2) is 10.8. The zero-order chi connectivity index (χ0) is 25.2. The lowest BCUT2D eigenvalue weighted by atomic mass is 10.0. The molecule has 5 heterocycles. The van der Waals surface area contributed by atoms with Crippen molar-refractivity contribution < 1.29 is 23.7 Å². The van der Waals surface area contributed by atoms with Crippen LogP contribution in [-0.4, -0.2) is 96.5 Å². The number of rotatable bonds is 6. The molecule has 4 aliphatic rings. The number of carbonyl (C=O) groups excluding carboxylic acids is 1. The fourth-order valence-electron chi connectivity index (χ4n) is 5.14. The number of benzene rings is 1. The van der Waals surface area contributed by atoms with Crippen LogP contribution in [0.4, 0.5) is 5.82 Å². The number of amides is 1. The van der Waals surface area contributed by atoms with Crippen LogP contribution in [0.25, 0.3) is 0 Å². The zero-order valence-electron chi connectivity index (χ0n) is 20.6. The largest absolute Gasteiger partial charge is 0.454 e. The first-order chi connectivity index (χ1) is 18.1. The Hall–Kier alpha value is -2.31. The Balaban J connectivity index is 0.980. The van der Waals surface area contributed by atoms with Gasteiger partial charge in [-0.1, -0.05) is 29.4 Å². The molecule has 12 heteroatoms. The van der Waals surface area contributed by atoms with Crippen LogP contribution in [0, 0.1) is 0 Å². The monoisotopic (exact) mass is 547 g/mol. The van der Waals surface area contributed by atoms with E-state index in [0.717, 1.165) is 62.9 Å². The van der Waals surface area contributed by atoms with Crippen molar-refractivity contribution >= 4 is 35.1 Å². The van der Waals surface area contributed by atoms with Gasteiger partial charge in [0, 0.05) is 64.7 Å². The smallest absolute Gasteiger partial charge is 0.233 e. The normalized spacial score (nSPS) is 21.1. The van der Waals surface area contributed by atoms with Gasteiger partial charge in [0.2, 0.25) is 12.7 Å². The summed E-state index contributed by atoms with van der Waals surface area (Å²) in [5.74, 6) is 2.31. The SMILES string of the molecule is O=C(CSc1nc(Cl)cc(N2CCC3(CC2)OCCO3)n1)N1CCN(Cc2ccc3c(c2)OCO3)CC1. The number of nitrogens with zero attached hydrogens (tertiary/aromatic N) is 5. The molecular formula is C25H30ClN5O5S. The highest BCUT2D eigenvalue weighted by Crippen LogP contribution is 2.34. The van der Waals surface area contributed by atoms with Crippen LogP contribution < -0.4 is 14.4 Å². The molecular weight excluding hydrogens is 518 g/mol. The number of halogens is 1. The molecule has 0 unspecified atom stereocenters. The number of piperidine rings is 1. The number of fused-ring (bicyclic) bond motifs is 1. The van der Waals surface area contributed by atoms with Crippen LogP contribution in [0.5, 0.6) is 11.5 Å². The maximum absolute atomic E-state index is 12.9. The number of carbonyl (C=O) groups is 1. The predicted octanol–water partition coefficient (Wildman–Crippen LogP) is 2.64. The fourth-order valence-corrected chi connectivity index (χ4v) is 6.13. The van der Waals surface area contributed by atoms with Gasteiger partial charge in [-0.2, -0.15) is 0 Å². The molecule has 0 bridgehead atoms. The number of hydrogen-bond acceptors (Lipinski definition) is 10. The van der Waals surface area contributed by atoms with E-state index in [9.17, 15) is 4.79 Å². The third kappa shape index (κ3) is 5.75. The van der Waals surface area contributed by atoms with Crippen LogP contribution in [-0.2, 0) is 20.8 Å². The number of ether oxygens (including phenoxy) is 4. The van der Waals surface area contributed by atoms with Crippen molar-refractivity contribution in [2.75, 3.05) is 69.9 Å². The molecule has 0 atom stereocenters. The summed E-state index contributed by atoms with van der Waals surface area (Å²) < 4.78 is 22.5. The van der Waals surface area contributed by atoms with Crippen LogP contribution in [0.3, 0.4) is 0 Å². The summed E-state index contributed by atoms with van der Waals surface area (Å²) in [5, 5.41) is 0.900. The lowest BCUT2D eigenvalue weighted by Crippen LogP contribution is -2.48. The van der Waals surface area contributed by atoms with E-state index < -0.39 is 5.79 Å². The summed E-state index contributed by atoms with van der Waals surface area (Å²) in [7, 11) is 0. The van der Waals surface area contributed by atoms with Gasteiger partial charge in [-0.3, -0.25) is 9.69 Å². The molecule has 1 aromatic carbocycles. The van der Waals surface area contributed by atoms with E-state index in [1.165, 1.54) is 17.3 Å². The Kier molecular flexibility index (Phi) is 7.31. The summed E-state index contributed by atoms with van der Waals surface area (Å²) in [5.41, 5.74) is 1.18. The van der Waals surface area contributed by atoms with Crippen LogP contribution in [0.2, 0.25) is 5.15 Å². The summed E-state index contributed by atoms with van der Waals surface area (Å²) in [6.45, 7) is 7.01. The van der Waals surface area contributed by atoms with Gasteiger partial charge in [-0.15, -0.1) is 0 Å². The highest BCUT2D eigenvalue weighted by molar-refractivity contribution is 7.99. The van der Waals surface area contributed by atoms with E-state index in [2.05, 4.69) is 25.8 Å². The van der Waals surface area contributed by atoms with E-state index in [4.69, 9.17) is 30.5 Å². The number of piperazine rings is 1. The van der Waals surface area contributed by atoms with Crippen LogP contribution in [0.1, 0.15) is 18.4 Å². The third-order valence-corrected chi connectivity index (χ3v) is 8.24. The number of hydrogen-bond donors (Lipinski definition) is 0. The highest BCUT2D eigenvalue weighted by atomic mass is 35.5. The average molecular weight is 548 g/mol. The Morgan fingerprint density at radius 3 is 2.51 bits per heavy atom. The van der Waals surface area contributed by atoms with E-state index >= 15 is 0 Å². The third-order valence-electron chi connectivity index (χ3n) is 7.22. The number of aromatic nitrogens is 2. The van der Waals surface area contributed by atoms with E-state index in [1.54, 1.807) is 6.07 Å². The molecule has 1 spiro atoms. The van der Waals surface area contributed by atoms with Crippen molar-refractivity contribution in [2.45, 2.75) is 30.3 Å². The summed E-state index contributed by atoms with van der Waals surface area (Å²) >= 11 is 7.65. The molecule has 1 amide bonds. The van der Waals surface area contributed by atoms with Gasteiger partial charge in [-0.25, -0.2) is 9.97 Å². The highest BCUT2D eigenvalue weighted by Gasteiger charge is 2.40. The van der Waals surface area contributed by atoms with Crippen LogP contribution >= 0.6 is 23.4 Å². The van der Waals surface area contributed by atoms with Crippen molar-refractivity contribution in [3.8, 4) is 11.5 Å². The van der Waals surface area contributed by atoms with Crippen molar-refractivity contribution in [3.63, 3.8) is 0 Å². The number of anilines is 1. The van der Waals surface area contributed by atoms with Gasteiger partial charge < -0.3 is 28.7 Å². The second-order valence-electron chi connectivity index (χ2n) is 9.56. The molecule has 2 aromatic rings. The van der Waals surface area contributed by atoms with Gasteiger partial charge in [-0.05, 0) is 17.7 Å². The first-order valence-electron chi connectivity index (χ1n) is 12.6. The fraction of sp³-hybridized carbons (Fsp3) is 0.560. The average Bonchev–Trinajstić information content (AvgIpc) is 3.57. The molecule has 3 fully saturated rings. The standard InChI is InChI=1S/C25H30ClN5O5S/c26-21-14-22(30-5-3-25(4-6-30)35-11-12-36-25)28-24(27-21)37-16-23(32)31-9-7-29(8-10-31)15-18-1-2-19-20(13-18)34-17-33-19/h1-2,13-14H,3-12,15-17H2. The predicted molar refractivity (Wildman–Crippen MR) is 138 cm³/mol. The minimum atomic E-state index is -0.439. The summed E-state index contributed by atoms with van der Waals surface area (Å²) in [6, 6.07) is 7.84. The molecule has 37 heavy (non-hydrogen) atoms. The Morgan fingerprint density at radius 1 is 0.973 bits per heavy atom. The second-order valence-corrected chi connectivity index (χ2v) is 10.9. The molecule has 0 saturated carbocycles. The molecule has 3 saturated heterocycles. The zero-order valence-corrected chi connectivity index (χ0v) is 22.1. The minimum absolute atomic E-state index is 0.0910. The lowest BCUT2D eigenvalue weighted by Gasteiger charge is -2.38. The van der Waals surface area contributed by atoms with Gasteiger partial charge in [0.25, 0.3) is 0 Å². The van der Waals surface area contributed by atoms with Gasteiger partial charge >= 0.3 is 0 Å². The first-order valence-corrected chi connectivity index (χ1v) is 14.0. The van der Waals surface area contributed by atoms with Gasteiger partial charge in [0.1, 0.15) is 11.0 Å². The molecule has 0 N–H and O–H groups in total. The Bertz CT molecular complexity index is 1130. The molecule has 6 rings (SSSR count). The van der Waals surface area contributed by atoms with Crippen molar-refractivity contribution in [3.05, 3.63) is 35.0 Å². The first kappa shape index (κ1) is 25.0. The van der Waals surface area contributed by atoms with Gasteiger partial charge in [0.05, 0.1) is 19.0 Å². The molecule has 10 nitrogen and oxygen atoms in total. The van der Waals surface area contributed by atoms with E-state index in [-0.39, 0.29) is 18.5 Å². The van der Waals surface area contributed by atoms with E-state index in [1.807, 2.05) is 17.0 Å². The minimum Gasteiger partial charge on any atom is -0.454 e. The maximum atomic E-state index is 12.9. The molecule has 0 aliphatic carbocycles. The quantitative estimate of drug-likeness (QED) is 0.305. The maximum Gasteiger partial charge on any atom is 0.233 e. The Morgan fingerprint density at radius 2 is 1.73 bits per heavy atom. The number of thioether (sulfide) groups is 1. The van der Waals surface area contributed by atoms with Crippen molar-refractivity contribution in [2.24, 2.45) is 0 Å². The Labute approximate surface area is 225 Å². The summed E-state index contributed by atoms with van der Waals surface area (Å²) in [6.07, 6.45) is 1.58. The molecule has 198 valence electrons.